The lowest BCUT2D eigenvalue weighted by atomic mass is 9.76. The van der Waals surface area contributed by atoms with Crippen molar-refractivity contribution in [3.05, 3.63) is 35.9 Å². The van der Waals surface area contributed by atoms with E-state index in [1.165, 1.54) is 31.2 Å². The molecule has 1 N–H and O–H groups in total. The van der Waals surface area contributed by atoms with Crippen molar-refractivity contribution in [1.82, 2.24) is 5.48 Å². The fraction of sp³-hybridized carbons (Fsp3) is 0.600. The van der Waals surface area contributed by atoms with Gasteiger partial charge in [0.25, 0.3) is 0 Å². The zero-order valence-corrected chi connectivity index (χ0v) is 10.9. The highest BCUT2D eigenvalue weighted by molar-refractivity contribution is 5.13. The van der Waals surface area contributed by atoms with E-state index in [0.717, 1.165) is 0 Å². The fourth-order valence-corrected chi connectivity index (χ4v) is 2.33. The highest BCUT2D eigenvalue weighted by Crippen LogP contribution is 2.34. The third-order valence-electron chi connectivity index (χ3n) is 3.67. The Hall–Kier alpha value is -0.860. The van der Waals surface area contributed by atoms with Crippen molar-refractivity contribution in [1.29, 1.82) is 0 Å². The summed E-state index contributed by atoms with van der Waals surface area (Å²) in [6.07, 6.45) is 5.03. The first-order valence-corrected chi connectivity index (χ1v) is 6.57. The van der Waals surface area contributed by atoms with Crippen LogP contribution in [0.3, 0.4) is 0 Å². The summed E-state index contributed by atoms with van der Waals surface area (Å²) in [7, 11) is 0. The van der Waals surface area contributed by atoms with E-state index in [-0.39, 0.29) is 0 Å². The van der Waals surface area contributed by atoms with E-state index in [9.17, 15) is 0 Å². The average molecular weight is 233 g/mol. The molecule has 0 atom stereocenters. The first kappa shape index (κ1) is 12.6. The van der Waals surface area contributed by atoms with Crippen LogP contribution in [0.25, 0.3) is 0 Å². The first-order valence-electron chi connectivity index (χ1n) is 6.57. The number of hydrogen-bond acceptors (Lipinski definition) is 2. The van der Waals surface area contributed by atoms with Gasteiger partial charge in [-0.15, -0.1) is 0 Å². The van der Waals surface area contributed by atoms with Gasteiger partial charge in [-0.05, 0) is 36.7 Å². The van der Waals surface area contributed by atoms with E-state index in [1.807, 2.05) is 18.2 Å². The standard InChI is InChI=1S/C15H23NO/c1-15(2)10-8-14(9-11-15)16-17-12-13-6-4-3-5-7-13/h3-7,14,16H,8-12H2,1-2H3. The Morgan fingerprint density at radius 1 is 1.18 bits per heavy atom. The van der Waals surface area contributed by atoms with Gasteiger partial charge in [0.15, 0.2) is 0 Å². The van der Waals surface area contributed by atoms with Gasteiger partial charge >= 0.3 is 0 Å². The Balaban J connectivity index is 1.67. The van der Waals surface area contributed by atoms with Gasteiger partial charge in [0.05, 0.1) is 6.61 Å². The Bertz CT molecular complexity index is 324. The van der Waals surface area contributed by atoms with Crippen molar-refractivity contribution in [3.8, 4) is 0 Å². The summed E-state index contributed by atoms with van der Waals surface area (Å²) in [5, 5.41) is 0. The van der Waals surface area contributed by atoms with Crippen LogP contribution in [0.5, 0.6) is 0 Å². The summed E-state index contributed by atoms with van der Waals surface area (Å²) in [6.45, 7) is 5.36. The van der Waals surface area contributed by atoms with Crippen LogP contribution in [0.2, 0.25) is 0 Å². The van der Waals surface area contributed by atoms with E-state index < -0.39 is 0 Å². The van der Waals surface area contributed by atoms with Crippen LogP contribution in [0, 0.1) is 5.41 Å². The predicted molar refractivity (Wildman–Crippen MR) is 70.4 cm³/mol. The van der Waals surface area contributed by atoms with Gasteiger partial charge in [-0.2, -0.15) is 5.48 Å². The van der Waals surface area contributed by atoms with Gasteiger partial charge in [-0.3, -0.25) is 4.84 Å². The molecule has 1 aliphatic carbocycles. The monoisotopic (exact) mass is 233 g/mol. The van der Waals surface area contributed by atoms with Gasteiger partial charge in [0.1, 0.15) is 0 Å². The Morgan fingerprint density at radius 3 is 2.47 bits per heavy atom. The number of rotatable bonds is 4. The van der Waals surface area contributed by atoms with Gasteiger partial charge in [-0.25, -0.2) is 0 Å². The Labute approximate surface area is 104 Å². The van der Waals surface area contributed by atoms with Gasteiger partial charge < -0.3 is 0 Å². The van der Waals surface area contributed by atoms with E-state index >= 15 is 0 Å². The lowest BCUT2D eigenvalue weighted by molar-refractivity contribution is -0.0130. The summed E-state index contributed by atoms with van der Waals surface area (Å²) >= 11 is 0. The van der Waals surface area contributed by atoms with Crippen LogP contribution in [0.15, 0.2) is 30.3 Å². The molecule has 0 aliphatic heterocycles. The molecule has 1 aromatic rings. The topological polar surface area (TPSA) is 21.3 Å². The highest BCUT2D eigenvalue weighted by Gasteiger charge is 2.26. The zero-order chi connectivity index (χ0) is 12.1. The van der Waals surface area contributed by atoms with Crippen molar-refractivity contribution in [2.45, 2.75) is 52.2 Å². The normalized spacial score (nSPS) is 20.4. The van der Waals surface area contributed by atoms with Crippen LogP contribution in [0.4, 0.5) is 0 Å². The maximum atomic E-state index is 5.58. The smallest absolute Gasteiger partial charge is 0.0933 e. The quantitative estimate of drug-likeness (QED) is 0.801. The SMILES string of the molecule is CC1(C)CCC(NOCc2ccccc2)CC1. The zero-order valence-electron chi connectivity index (χ0n) is 10.9. The molecule has 0 heterocycles. The molecular weight excluding hydrogens is 210 g/mol. The molecule has 2 nitrogen and oxygen atoms in total. The number of hydrogen-bond donors (Lipinski definition) is 1. The van der Waals surface area contributed by atoms with Crippen LogP contribution >= 0.6 is 0 Å². The van der Waals surface area contributed by atoms with Gasteiger partial charge in [0, 0.05) is 6.04 Å². The van der Waals surface area contributed by atoms with Crippen LogP contribution < -0.4 is 5.48 Å². The second-order valence-electron chi connectivity index (χ2n) is 5.83. The molecule has 1 fully saturated rings. The minimum absolute atomic E-state index is 0.525. The molecule has 0 amide bonds. The molecule has 0 bridgehead atoms. The van der Waals surface area contributed by atoms with E-state index in [2.05, 4.69) is 31.5 Å². The average Bonchev–Trinajstić information content (AvgIpc) is 2.33. The van der Waals surface area contributed by atoms with Crippen molar-refractivity contribution in [2.24, 2.45) is 5.41 Å². The minimum Gasteiger partial charge on any atom is -0.297 e. The highest BCUT2D eigenvalue weighted by atomic mass is 16.6. The molecule has 1 aromatic carbocycles. The summed E-state index contributed by atoms with van der Waals surface area (Å²) < 4.78 is 0. The lowest BCUT2D eigenvalue weighted by Gasteiger charge is -2.34. The molecule has 2 heteroatoms. The van der Waals surface area contributed by atoms with E-state index in [0.29, 0.717) is 18.1 Å². The molecular formula is C15H23NO. The predicted octanol–water partition coefficient (Wildman–Crippen LogP) is 3.68. The molecule has 1 aliphatic rings. The molecule has 2 rings (SSSR count). The molecule has 0 saturated heterocycles. The Kier molecular flexibility index (Phi) is 4.19. The number of hydroxylamine groups is 1. The second-order valence-corrected chi connectivity index (χ2v) is 5.83. The van der Waals surface area contributed by atoms with Crippen molar-refractivity contribution in [2.75, 3.05) is 0 Å². The Morgan fingerprint density at radius 2 is 1.82 bits per heavy atom. The largest absolute Gasteiger partial charge is 0.297 e. The van der Waals surface area contributed by atoms with Crippen LogP contribution in [0.1, 0.15) is 45.1 Å². The minimum atomic E-state index is 0.525. The van der Waals surface area contributed by atoms with Crippen molar-refractivity contribution < 1.29 is 4.84 Å². The number of nitrogens with one attached hydrogen (secondary N) is 1. The molecule has 0 aromatic heterocycles. The van der Waals surface area contributed by atoms with Gasteiger partial charge in [0.2, 0.25) is 0 Å². The molecule has 94 valence electrons. The van der Waals surface area contributed by atoms with Crippen LogP contribution in [-0.2, 0) is 11.4 Å². The van der Waals surface area contributed by atoms with Crippen molar-refractivity contribution >= 4 is 0 Å². The maximum Gasteiger partial charge on any atom is 0.0933 e. The second kappa shape index (κ2) is 5.65. The molecule has 0 radical (unpaired) electrons. The van der Waals surface area contributed by atoms with Gasteiger partial charge in [-0.1, -0.05) is 44.2 Å². The summed E-state index contributed by atoms with van der Waals surface area (Å²) in [6, 6.07) is 10.8. The summed E-state index contributed by atoms with van der Waals surface area (Å²) in [5.74, 6) is 0. The third-order valence-corrected chi connectivity index (χ3v) is 3.67. The summed E-state index contributed by atoms with van der Waals surface area (Å²) in [5.41, 5.74) is 4.95. The maximum absolute atomic E-state index is 5.58. The fourth-order valence-electron chi connectivity index (χ4n) is 2.33. The third kappa shape index (κ3) is 4.14. The van der Waals surface area contributed by atoms with Crippen molar-refractivity contribution in [3.63, 3.8) is 0 Å². The number of benzene rings is 1. The molecule has 1 saturated carbocycles. The van der Waals surface area contributed by atoms with Crippen LogP contribution in [-0.4, -0.2) is 6.04 Å². The van der Waals surface area contributed by atoms with E-state index in [4.69, 9.17) is 4.84 Å². The summed E-state index contributed by atoms with van der Waals surface area (Å²) in [4.78, 5) is 5.58. The lowest BCUT2D eigenvalue weighted by Crippen LogP contribution is -2.35. The van der Waals surface area contributed by atoms with E-state index in [1.54, 1.807) is 0 Å². The molecule has 0 unspecified atom stereocenters. The molecule has 17 heavy (non-hydrogen) atoms. The molecule has 0 spiro atoms. The first-order chi connectivity index (χ1) is 8.16.